The van der Waals surface area contributed by atoms with E-state index in [0.29, 0.717) is 6.17 Å². The fraction of sp³-hybridized carbons (Fsp3) is 0.500. The second kappa shape index (κ2) is 2.78. The summed E-state index contributed by atoms with van der Waals surface area (Å²) in [4.78, 5) is 4.33. The van der Waals surface area contributed by atoms with E-state index < -0.39 is 0 Å². The van der Waals surface area contributed by atoms with Crippen LogP contribution in [0.5, 0.6) is 0 Å². The van der Waals surface area contributed by atoms with Crippen LogP contribution >= 0.6 is 0 Å². The van der Waals surface area contributed by atoms with Crippen LogP contribution in [-0.2, 0) is 0 Å². The average molecular weight is 138 g/mol. The van der Waals surface area contributed by atoms with Gasteiger partial charge < -0.3 is 9.80 Å². The molecule has 0 aromatic heterocycles. The van der Waals surface area contributed by atoms with Crippen LogP contribution < -0.4 is 0 Å². The van der Waals surface area contributed by atoms with Gasteiger partial charge in [0.2, 0.25) is 0 Å². The molecule has 1 aliphatic rings. The molecule has 1 aliphatic heterocycles. The normalized spacial score (nSPS) is 19.9. The maximum atomic E-state index is 2.17. The number of hydrogen-bond donors (Lipinski definition) is 0. The molecule has 0 radical (unpaired) electrons. The van der Waals surface area contributed by atoms with E-state index >= 15 is 0 Å². The first kappa shape index (κ1) is 7.19. The molecule has 0 saturated heterocycles. The van der Waals surface area contributed by atoms with Crippen molar-refractivity contribution < 1.29 is 0 Å². The highest BCUT2D eigenvalue weighted by Crippen LogP contribution is 2.11. The van der Waals surface area contributed by atoms with Gasteiger partial charge in [0.1, 0.15) is 6.17 Å². The first-order chi connectivity index (χ1) is 4.75. The molecular formula is C8H14N2. The van der Waals surface area contributed by atoms with E-state index in [2.05, 4.69) is 48.4 Å². The molecule has 2 heteroatoms. The molecule has 10 heavy (non-hydrogen) atoms. The smallest absolute Gasteiger partial charge is 0.120 e. The minimum absolute atomic E-state index is 0.421. The zero-order chi connectivity index (χ0) is 7.56. The molecule has 0 atom stereocenters. The fourth-order valence-electron chi connectivity index (χ4n) is 1.12. The van der Waals surface area contributed by atoms with Gasteiger partial charge in [0.05, 0.1) is 0 Å². The van der Waals surface area contributed by atoms with Crippen molar-refractivity contribution in [2.24, 2.45) is 0 Å². The molecule has 2 nitrogen and oxygen atoms in total. The van der Waals surface area contributed by atoms with Gasteiger partial charge in [-0.1, -0.05) is 6.08 Å². The summed E-state index contributed by atoms with van der Waals surface area (Å²) in [6, 6.07) is 0. The summed E-state index contributed by atoms with van der Waals surface area (Å²) < 4.78 is 0. The third-order valence-corrected chi connectivity index (χ3v) is 1.74. The van der Waals surface area contributed by atoms with Gasteiger partial charge in [-0.05, 0) is 13.0 Å². The van der Waals surface area contributed by atoms with E-state index in [4.69, 9.17) is 0 Å². The molecule has 0 N–H and O–H groups in total. The summed E-state index contributed by atoms with van der Waals surface area (Å²) in [7, 11) is 4.15. The quantitative estimate of drug-likeness (QED) is 0.503. The minimum atomic E-state index is 0.421. The lowest BCUT2D eigenvalue weighted by molar-refractivity contribution is 0.257. The largest absolute Gasteiger partial charge is 0.356 e. The Kier molecular flexibility index (Phi) is 2.00. The van der Waals surface area contributed by atoms with Gasteiger partial charge in [-0.3, -0.25) is 0 Å². The second-order valence-corrected chi connectivity index (χ2v) is 2.57. The number of likely N-dealkylation sites (N-methyl/N-ethyl adjacent to an activating group) is 2. The summed E-state index contributed by atoms with van der Waals surface area (Å²) in [5, 5.41) is 0. The van der Waals surface area contributed by atoms with E-state index in [1.54, 1.807) is 0 Å². The Morgan fingerprint density at radius 1 is 1.20 bits per heavy atom. The summed E-state index contributed by atoms with van der Waals surface area (Å²) in [5.41, 5.74) is 0. The summed E-state index contributed by atoms with van der Waals surface area (Å²) in [5.74, 6) is 0. The Morgan fingerprint density at radius 3 is 2.10 bits per heavy atom. The summed E-state index contributed by atoms with van der Waals surface area (Å²) in [6.45, 7) is 2.04. The Morgan fingerprint density at radius 2 is 1.70 bits per heavy atom. The van der Waals surface area contributed by atoms with E-state index in [1.165, 1.54) is 0 Å². The zero-order valence-corrected chi connectivity index (χ0v) is 6.78. The van der Waals surface area contributed by atoms with E-state index in [1.807, 2.05) is 6.92 Å². The highest BCUT2D eigenvalue weighted by molar-refractivity contribution is 5.03. The maximum Gasteiger partial charge on any atom is 0.120 e. The van der Waals surface area contributed by atoms with Gasteiger partial charge >= 0.3 is 0 Å². The van der Waals surface area contributed by atoms with Crippen molar-refractivity contribution in [2.45, 2.75) is 13.1 Å². The van der Waals surface area contributed by atoms with Gasteiger partial charge in [0.15, 0.2) is 0 Å². The number of allylic oxidation sites excluding steroid dienone is 1. The van der Waals surface area contributed by atoms with Crippen LogP contribution in [-0.4, -0.2) is 30.1 Å². The topological polar surface area (TPSA) is 6.48 Å². The van der Waals surface area contributed by atoms with Crippen molar-refractivity contribution >= 4 is 0 Å². The Bertz CT molecular complexity index is 149. The van der Waals surface area contributed by atoms with Gasteiger partial charge in [-0.2, -0.15) is 0 Å². The van der Waals surface area contributed by atoms with Gasteiger partial charge in [0, 0.05) is 26.5 Å². The lowest BCUT2D eigenvalue weighted by Gasteiger charge is -2.23. The molecule has 0 bridgehead atoms. The SMILES string of the molecule is CC=CC1N(C)C=CN1C. The van der Waals surface area contributed by atoms with Crippen LogP contribution in [0.3, 0.4) is 0 Å². The molecule has 0 aromatic rings. The standard InChI is InChI=1S/C8H14N2/c1-4-5-8-9(2)6-7-10(8)3/h4-8H,1-3H3. The number of nitrogens with zero attached hydrogens (tertiary/aromatic N) is 2. The molecule has 1 rings (SSSR count). The van der Waals surface area contributed by atoms with Gasteiger partial charge in [-0.25, -0.2) is 0 Å². The summed E-state index contributed by atoms with van der Waals surface area (Å²) in [6.07, 6.45) is 8.81. The molecule has 0 spiro atoms. The van der Waals surface area contributed by atoms with Crippen LogP contribution in [0.15, 0.2) is 24.6 Å². The van der Waals surface area contributed by atoms with Crippen molar-refractivity contribution in [3.63, 3.8) is 0 Å². The van der Waals surface area contributed by atoms with Gasteiger partial charge in [0.25, 0.3) is 0 Å². The predicted molar refractivity (Wildman–Crippen MR) is 43.3 cm³/mol. The molecule has 0 amide bonds. The first-order valence-electron chi connectivity index (χ1n) is 3.50. The first-order valence-corrected chi connectivity index (χ1v) is 3.50. The number of rotatable bonds is 1. The van der Waals surface area contributed by atoms with Crippen molar-refractivity contribution in [1.82, 2.24) is 9.80 Å². The van der Waals surface area contributed by atoms with Crippen molar-refractivity contribution in [1.29, 1.82) is 0 Å². The average Bonchev–Trinajstić information content (AvgIpc) is 2.20. The van der Waals surface area contributed by atoms with E-state index in [9.17, 15) is 0 Å². The molecular weight excluding hydrogens is 124 g/mol. The van der Waals surface area contributed by atoms with E-state index in [-0.39, 0.29) is 0 Å². The zero-order valence-electron chi connectivity index (χ0n) is 6.78. The third-order valence-electron chi connectivity index (χ3n) is 1.74. The van der Waals surface area contributed by atoms with Crippen molar-refractivity contribution in [3.05, 3.63) is 24.6 Å². The van der Waals surface area contributed by atoms with Crippen LogP contribution in [0.2, 0.25) is 0 Å². The second-order valence-electron chi connectivity index (χ2n) is 2.57. The van der Waals surface area contributed by atoms with Crippen LogP contribution in [0.1, 0.15) is 6.92 Å². The molecule has 0 saturated carbocycles. The molecule has 0 aliphatic carbocycles. The predicted octanol–water partition coefficient (Wildman–Crippen LogP) is 1.24. The molecule has 56 valence electrons. The lowest BCUT2D eigenvalue weighted by Crippen LogP contribution is -2.31. The van der Waals surface area contributed by atoms with Crippen LogP contribution in [0.4, 0.5) is 0 Å². The van der Waals surface area contributed by atoms with Crippen LogP contribution in [0.25, 0.3) is 0 Å². The Balaban J connectivity index is 2.60. The third kappa shape index (κ3) is 1.15. The molecule has 1 heterocycles. The van der Waals surface area contributed by atoms with Gasteiger partial charge in [-0.15, -0.1) is 0 Å². The van der Waals surface area contributed by atoms with Crippen molar-refractivity contribution in [3.8, 4) is 0 Å². The van der Waals surface area contributed by atoms with Crippen molar-refractivity contribution in [2.75, 3.05) is 14.1 Å². The fourth-order valence-corrected chi connectivity index (χ4v) is 1.12. The molecule has 0 fully saturated rings. The highest BCUT2D eigenvalue weighted by atomic mass is 15.4. The minimum Gasteiger partial charge on any atom is -0.356 e. The summed E-state index contributed by atoms with van der Waals surface area (Å²) >= 11 is 0. The Hall–Kier alpha value is -0.920. The molecule has 0 aromatic carbocycles. The lowest BCUT2D eigenvalue weighted by atomic mass is 10.4. The molecule has 0 unspecified atom stereocenters. The van der Waals surface area contributed by atoms with E-state index in [0.717, 1.165) is 0 Å². The Labute approximate surface area is 62.4 Å². The number of hydrogen-bond acceptors (Lipinski definition) is 2. The van der Waals surface area contributed by atoms with Crippen LogP contribution in [0, 0.1) is 0 Å². The highest BCUT2D eigenvalue weighted by Gasteiger charge is 2.15. The monoisotopic (exact) mass is 138 g/mol. The maximum absolute atomic E-state index is 2.17.